The molecule has 0 saturated heterocycles. The quantitative estimate of drug-likeness (QED) is 0.248. The van der Waals surface area contributed by atoms with E-state index >= 15 is 0 Å². The molecule has 0 atom stereocenters. The molecule has 3 aliphatic rings. The Balaban J connectivity index is 0.000000129. The molecule has 2 aliphatic heterocycles. The van der Waals surface area contributed by atoms with E-state index in [0.29, 0.717) is 0 Å². The topological polar surface area (TPSA) is 37.1 Å². The Hall–Kier alpha value is -4.11. The average molecular weight is 540 g/mol. The maximum Gasteiger partial charge on any atom is 0.0643 e. The van der Waals surface area contributed by atoms with Crippen LogP contribution < -0.4 is 0 Å². The minimum absolute atomic E-state index is 0.796. The molecule has 3 nitrogen and oxygen atoms in total. The van der Waals surface area contributed by atoms with Gasteiger partial charge in [-0.05, 0) is 79.2 Å². The van der Waals surface area contributed by atoms with Crippen LogP contribution in [0, 0.1) is 0 Å². The predicted molar refractivity (Wildman–Crippen MR) is 175 cm³/mol. The second-order valence-corrected chi connectivity index (χ2v) is 10.7. The van der Waals surface area contributed by atoms with Crippen molar-refractivity contribution in [3.8, 4) is 0 Å². The molecule has 208 valence electrons. The number of aryl methyl sites for hydroxylation is 1. The van der Waals surface area contributed by atoms with Crippen molar-refractivity contribution in [2.75, 3.05) is 13.1 Å². The molecule has 4 aromatic rings. The Morgan fingerprint density at radius 2 is 1.05 bits per heavy atom. The van der Waals surface area contributed by atoms with Gasteiger partial charge in [-0.1, -0.05) is 115 Å². The fourth-order valence-corrected chi connectivity index (χ4v) is 5.50. The van der Waals surface area contributed by atoms with Crippen LogP contribution in [0.3, 0.4) is 0 Å². The number of benzene rings is 4. The van der Waals surface area contributed by atoms with Crippen LogP contribution in [0.2, 0.25) is 0 Å². The number of rotatable bonds is 4. The lowest BCUT2D eigenvalue weighted by atomic mass is 9.90. The largest absolute Gasteiger partial charge is 0.289 e. The van der Waals surface area contributed by atoms with E-state index in [1.165, 1.54) is 77.1 Å². The van der Waals surface area contributed by atoms with Gasteiger partial charge in [0.15, 0.2) is 0 Å². The van der Waals surface area contributed by atoms with Gasteiger partial charge in [-0.25, -0.2) is 0 Å². The fraction of sp³-hybridized carbons (Fsp3) is 0.289. The summed E-state index contributed by atoms with van der Waals surface area (Å²) in [5.74, 6) is 0. The maximum absolute atomic E-state index is 4.81. The van der Waals surface area contributed by atoms with Crippen LogP contribution in [-0.4, -0.2) is 30.2 Å². The van der Waals surface area contributed by atoms with Gasteiger partial charge < -0.3 is 0 Å². The van der Waals surface area contributed by atoms with Gasteiger partial charge in [0, 0.05) is 30.2 Å². The van der Waals surface area contributed by atoms with E-state index in [-0.39, 0.29) is 0 Å². The summed E-state index contributed by atoms with van der Waals surface area (Å²) in [6.45, 7) is 2.83. The number of fused-ring (bicyclic) bond motifs is 1. The summed E-state index contributed by atoms with van der Waals surface area (Å²) in [7, 11) is 0. The minimum atomic E-state index is 0.796. The highest BCUT2D eigenvalue weighted by Gasteiger charge is 2.14. The third-order valence-electron chi connectivity index (χ3n) is 7.70. The lowest BCUT2D eigenvalue weighted by Gasteiger charge is -2.17. The molecule has 0 spiro atoms. The summed E-state index contributed by atoms with van der Waals surface area (Å²) in [5, 5.41) is 0. The maximum atomic E-state index is 4.81. The highest BCUT2D eigenvalue weighted by molar-refractivity contribution is 6.03. The molecule has 0 unspecified atom stereocenters. The van der Waals surface area contributed by atoms with Gasteiger partial charge in [0.1, 0.15) is 0 Å². The van der Waals surface area contributed by atoms with Crippen molar-refractivity contribution in [2.24, 2.45) is 15.0 Å². The van der Waals surface area contributed by atoms with Crippen LogP contribution >= 0.6 is 0 Å². The number of aliphatic imine (C=N–C) groups is 3. The van der Waals surface area contributed by atoms with Crippen molar-refractivity contribution < 1.29 is 0 Å². The van der Waals surface area contributed by atoms with Crippen LogP contribution in [0.4, 0.5) is 0 Å². The van der Waals surface area contributed by atoms with Crippen LogP contribution in [0.5, 0.6) is 0 Å². The zero-order valence-electron chi connectivity index (χ0n) is 24.1. The van der Waals surface area contributed by atoms with E-state index < -0.39 is 0 Å². The Kier molecular flexibility index (Phi) is 10.8. The monoisotopic (exact) mass is 539 g/mol. The van der Waals surface area contributed by atoms with Gasteiger partial charge in [0.2, 0.25) is 0 Å². The Bertz CT molecular complexity index is 1440. The third kappa shape index (κ3) is 8.69. The van der Waals surface area contributed by atoms with Crippen LogP contribution in [0.25, 0.3) is 0 Å². The van der Waals surface area contributed by atoms with Gasteiger partial charge >= 0.3 is 0 Å². The molecule has 0 radical (unpaired) electrons. The van der Waals surface area contributed by atoms with Crippen LogP contribution in [0.15, 0.2) is 130 Å². The zero-order valence-corrected chi connectivity index (χ0v) is 24.1. The average Bonchev–Trinajstić information content (AvgIpc) is 3.62. The first-order chi connectivity index (χ1) is 20.4. The second kappa shape index (κ2) is 15.6. The highest BCUT2D eigenvalue weighted by atomic mass is 14.8. The fourth-order valence-electron chi connectivity index (χ4n) is 5.50. The van der Waals surface area contributed by atoms with Gasteiger partial charge in [0.25, 0.3) is 0 Å². The van der Waals surface area contributed by atoms with Gasteiger partial charge in [-0.3, -0.25) is 15.0 Å². The number of nitrogens with zero attached hydrogens (tertiary/aromatic N) is 3. The van der Waals surface area contributed by atoms with Crippen molar-refractivity contribution >= 4 is 17.1 Å². The smallest absolute Gasteiger partial charge is 0.0643 e. The Morgan fingerprint density at radius 3 is 1.66 bits per heavy atom. The van der Waals surface area contributed by atoms with Gasteiger partial charge in [0.05, 0.1) is 6.54 Å². The molecular weight excluding hydrogens is 498 g/mol. The van der Waals surface area contributed by atoms with E-state index in [0.717, 1.165) is 38.9 Å². The SMILES string of the molecule is c1ccc(C2=NCCC2)cc1.c1ccc(C2=NCCCC2)cc1.c1ccc(CN=C2CCCc3ccccc32)cc1. The number of hydrogen-bond acceptors (Lipinski definition) is 3. The Labute approximate surface area is 245 Å². The molecule has 41 heavy (non-hydrogen) atoms. The zero-order chi connectivity index (χ0) is 28.0. The lowest BCUT2D eigenvalue weighted by molar-refractivity contribution is 0.738. The van der Waals surface area contributed by atoms with Crippen molar-refractivity contribution in [3.05, 3.63) is 143 Å². The number of hydrogen-bond donors (Lipinski definition) is 0. The summed E-state index contributed by atoms with van der Waals surface area (Å²) in [5.41, 5.74) is 10.6. The summed E-state index contributed by atoms with van der Waals surface area (Å²) in [6, 6.07) is 40.1. The first kappa shape index (κ1) is 28.4. The molecule has 0 amide bonds. The summed E-state index contributed by atoms with van der Waals surface area (Å²) < 4.78 is 0. The summed E-state index contributed by atoms with van der Waals surface area (Å²) in [6.07, 6.45) is 9.64. The van der Waals surface area contributed by atoms with Crippen molar-refractivity contribution in [2.45, 2.75) is 57.9 Å². The van der Waals surface area contributed by atoms with Crippen molar-refractivity contribution in [1.29, 1.82) is 0 Å². The first-order valence-electron chi connectivity index (χ1n) is 15.2. The molecule has 4 aromatic carbocycles. The van der Waals surface area contributed by atoms with E-state index in [1.807, 2.05) is 18.2 Å². The standard InChI is InChI=1S/C17H17N.C11H13N.C10H11N/c1-2-7-14(8-3-1)13-18-17-12-6-10-15-9-4-5-11-16(15)17;1-2-6-10(7-3-1)11-8-4-5-9-12-11;1-2-5-9(6-3-1)10-7-4-8-11-10/h1-5,7-9,11H,6,10,12-13H2;1-3,6-7H,4-5,8-9H2;1-3,5-6H,4,7-8H2. The molecular formula is C38H41N3. The highest BCUT2D eigenvalue weighted by Crippen LogP contribution is 2.22. The molecule has 1 aliphatic carbocycles. The van der Waals surface area contributed by atoms with Crippen LogP contribution in [0.1, 0.15) is 72.8 Å². The van der Waals surface area contributed by atoms with Crippen molar-refractivity contribution in [1.82, 2.24) is 0 Å². The predicted octanol–water partition coefficient (Wildman–Crippen LogP) is 8.94. The molecule has 7 rings (SSSR count). The summed E-state index contributed by atoms with van der Waals surface area (Å²) in [4.78, 5) is 13.8. The van der Waals surface area contributed by atoms with Crippen LogP contribution in [-0.2, 0) is 13.0 Å². The normalized spacial score (nSPS) is 16.7. The molecule has 0 fully saturated rings. The second-order valence-electron chi connectivity index (χ2n) is 10.7. The van der Waals surface area contributed by atoms with Gasteiger partial charge in [-0.2, -0.15) is 0 Å². The van der Waals surface area contributed by atoms with Crippen molar-refractivity contribution in [3.63, 3.8) is 0 Å². The van der Waals surface area contributed by atoms with E-state index in [2.05, 4.69) is 107 Å². The molecule has 0 aromatic heterocycles. The molecule has 0 N–H and O–H groups in total. The summed E-state index contributed by atoms with van der Waals surface area (Å²) >= 11 is 0. The Morgan fingerprint density at radius 1 is 0.488 bits per heavy atom. The third-order valence-corrected chi connectivity index (χ3v) is 7.70. The minimum Gasteiger partial charge on any atom is -0.289 e. The molecule has 2 heterocycles. The molecule has 0 saturated carbocycles. The first-order valence-corrected chi connectivity index (χ1v) is 15.2. The lowest BCUT2D eigenvalue weighted by Crippen LogP contribution is -2.11. The van der Waals surface area contributed by atoms with Gasteiger partial charge in [-0.15, -0.1) is 0 Å². The molecule has 0 bridgehead atoms. The van der Waals surface area contributed by atoms with E-state index in [1.54, 1.807) is 0 Å². The molecule has 3 heteroatoms. The van der Waals surface area contributed by atoms with E-state index in [4.69, 9.17) is 4.99 Å². The van der Waals surface area contributed by atoms with E-state index in [9.17, 15) is 0 Å².